The van der Waals surface area contributed by atoms with Crippen molar-refractivity contribution in [3.63, 3.8) is 0 Å². The van der Waals surface area contributed by atoms with Gasteiger partial charge in [0.25, 0.3) is 5.91 Å². The summed E-state index contributed by atoms with van der Waals surface area (Å²) in [5.41, 5.74) is 0. The lowest BCUT2D eigenvalue weighted by Gasteiger charge is -2.43. The van der Waals surface area contributed by atoms with E-state index in [9.17, 15) is 4.79 Å². The average Bonchev–Trinajstić information content (AvgIpc) is 2.97. The zero-order valence-corrected chi connectivity index (χ0v) is 18.9. The number of carbonyl (C=O) groups is 1. The van der Waals surface area contributed by atoms with Crippen LogP contribution in [0.15, 0.2) is 18.2 Å². The molecule has 1 aromatic rings. The molecule has 1 aliphatic heterocycles. The molecule has 7 heteroatoms. The number of benzene rings is 1. The van der Waals surface area contributed by atoms with Crippen LogP contribution in [-0.4, -0.2) is 54.5 Å². The van der Waals surface area contributed by atoms with Crippen LogP contribution in [-0.2, 0) is 4.79 Å². The number of amides is 1. The van der Waals surface area contributed by atoms with Crippen molar-refractivity contribution in [1.29, 1.82) is 0 Å². The van der Waals surface area contributed by atoms with Crippen molar-refractivity contribution < 1.29 is 9.53 Å². The number of rotatable bonds is 5. The maximum absolute atomic E-state index is 12.8. The lowest BCUT2D eigenvalue weighted by Crippen LogP contribution is -2.54. The minimum absolute atomic E-state index is 0. The highest BCUT2D eigenvalue weighted by Crippen LogP contribution is 2.29. The van der Waals surface area contributed by atoms with Gasteiger partial charge in [-0.25, -0.2) is 0 Å². The first kappa shape index (κ1) is 23.6. The first-order valence-electron chi connectivity index (χ1n) is 10.1. The Morgan fingerprint density at radius 3 is 2.43 bits per heavy atom. The predicted molar refractivity (Wildman–Crippen MR) is 118 cm³/mol. The van der Waals surface area contributed by atoms with Gasteiger partial charge in [0.05, 0.1) is 10.0 Å². The molecule has 28 heavy (non-hydrogen) atoms. The van der Waals surface area contributed by atoms with Gasteiger partial charge in [-0.3, -0.25) is 9.69 Å². The van der Waals surface area contributed by atoms with Crippen molar-refractivity contribution in [1.82, 2.24) is 9.80 Å². The van der Waals surface area contributed by atoms with Crippen molar-refractivity contribution in [2.24, 2.45) is 0 Å². The molecule has 1 saturated carbocycles. The Labute approximate surface area is 184 Å². The number of ether oxygens (including phenoxy) is 1. The van der Waals surface area contributed by atoms with Gasteiger partial charge in [0.2, 0.25) is 0 Å². The molecule has 2 fully saturated rings. The van der Waals surface area contributed by atoms with Gasteiger partial charge in [0.15, 0.2) is 6.61 Å². The number of likely N-dealkylation sites (N-methyl/N-ethyl adjacent to an activating group) is 1. The Hall–Kier alpha value is -0.680. The van der Waals surface area contributed by atoms with E-state index in [4.69, 9.17) is 27.9 Å². The Morgan fingerprint density at radius 2 is 1.75 bits per heavy atom. The Kier molecular flexibility index (Phi) is 9.68. The van der Waals surface area contributed by atoms with Crippen molar-refractivity contribution in [3.05, 3.63) is 28.2 Å². The number of carbonyl (C=O) groups excluding carboxylic acids is 1. The quantitative estimate of drug-likeness (QED) is 0.600. The Bertz CT molecular complexity index is 636. The second-order valence-electron chi connectivity index (χ2n) is 7.74. The summed E-state index contributed by atoms with van der Waals surface area (Å²) in [5.74, 6) is 0.589. The van der Waals surface area contributed by atoms with Crippen molar-refractivity contribution >= 4 is 41.5 Å². The molecule has 0 spiro atoms. The van der Waals surface area contributed by atoms with Crippen molar-refractivity contribution in [2.75, 3.05) is 26.7 Å². The van der Waals surface area contributed by atoms with Crippen LogP contribution in [0.4, 0.5) is 0 Å². The largest absolute Gasteiger partial charge is 0.484 e. The van der Waals surface area contributed by atoms with E-state index in [0.29, 0.717) is 21.8 Å². The third kappa shape index (κ3) is 6.16. The van der Waals surface area contributed by atoms with Gasteiger partial charge in [-0.1, -0.05) is 48.9 Å². The smallest absolute Gasteiger partial charge is 0.260 e. The maximum atomic E-state index is 12.8. The molecule has 0 aromatic heterocycles. The fourth-order valence-electron chi connectivity index (χ4n) is 4.39. The molecule has 1 amide bonds. The molecule has 0 radical (unpaired) electrons. The van der Waals surface area contributed by atoms with Gasteiger partial charge < -0.3 is 9.64 Å². The fourth-order valence-corrected chi connectivity index (χ4v) is 4.68. The van der Waals surface area contributed by atoms with Crippen LogP contribution in [0, 0.1) is 0 Å². The number of halogens is 3. The van der Waals surface area contributed by atoms with Gasteiger partial charge in [-0.2, -0.15) is 0 Å². The summed E-state index contributed by atoms with van der Waals surface area (Å²) in [6.07, 6.45) is 9.95. The average molecular weight is 450 g/mol. The molecular weight excluding hydrogens is 419 g/mol. The minimum atomic E-state index is 0. The molecule has 1 heterocycles. The minimum Gasteiger partial charge on any atom is -0.484 e. The first-order valence-corrected chi connectivity index (χ1v) is 10.9. The monoisotopic (exact) mass is 448 g/mol. The number of likely N-dealkylation sites (tertiary alicyclic amines) is 1. The van der Waals surface area contributed by atoms with E-state index >= 15 is 0 Å². The van der Waals surface area contributed by atoms with Crippen LogP contribution in [0.1, 0.15) is 51.4 Å². The SMILES string of the molecule is CN(C(=O)COc1ccc(Cl)c(Cl)c1)C1CCCCC1N1CCCCCC1.Cl. The second kappa shape index (κ2) is 11.5. The fraction of sp³-hybridized carbons (Fsp3) is 0.667. The summed E-state index contributed by atoms with van der Waals surface area (Å²) in [4.78, 5) is 17.3. The number of hydrogen-bond donors (Lipinski definition) is 0. The second-order valence-corrected chi connectivity index (χ2v) is 8.55. The molecular formula is C21H31Cl3N2O2. The molecule has 1 aromatic carbocycles. The molecule has 2 atom stereocenters. The summed E-state index contributed by atoms with van der Waals surface area (Å²) in [5, 5.41) is 0.915. The standard InChI is InChI=1S/C21H30Cl2N2O2.ClH/c1-24(21(26)15-27-16-10-11-17(22)18(23)14-16)19-8-4-5-9-20(19)25-12-6-2-3-7-13-25;/h10-11,14,19-20H,2-9,12-13,15H2,1H3;1H. The van der Waals surface area contributed by atoms with E-state index in [1.54, 1.807) is 18.2 Å². The highest BCUT2D eigenvalue weighted by atomic mass is 35.5. The maximum Gasteiger partial charge on any atom is 0.260 e. The third-order valence-corrected chi connectivity index (χ3v) is 6.69. The number of nitrogens with zero attached hydrogens (tertiary/aromatic N) is 2. The highest BCUT2D eigenvalue weighted by Gasteiger charge is 2.34. The van der Waals surface area contributed by atoms with Gasteiger partial charge in [-0.15, -0.1) is 12.4 Å². The highest BCUT2D eigenvalue weighted by molar-refractivity contribution is 6.42. The van der Waals surface area contributed by atoms with Crippen LogP contribution < -0.4 is 4.74 Å². The Morgan fingerprint density at radius 1 is 1.07 bits per heavy atom. The van der Waals surface area contributed by atoms with E-state index in [1.807, 2.05) is 11.9 Å². The van der Waals surface area contributed by atoms with Gasteiger partial charge >= 0.3 is 0 Å². The molecule has 2 aliphatic rings. The predicted octanol–water partition coefficient (Wildman–Crippen LogP) is 5.44. The van der Waals surface area contributed by atoms with E-state index in [-0.39, 0.29) is 31.0 Å². The molecule has 0 bridgehead atoms. The van der Waals surface area contributed by atoms with E-state index in [1.165, 1.54) is 58.0 Å². The summed E-state index contributed by atoms with van der Waals surface area (Å²) < 4.78 is 5.67. The summed E-state index contributed by atoms with van der Waals surface area (Å²) >= 11 is 11.9. The first-order chi connectivity index (χ1) is 13.1. The van der Waals surface area contributed by atoms with E-state index in [2.05, 4.69) is 4.90 Å². The number of hydrogen-bond acceptors (Lipinski definition) is 3. The molecule has 0 N–H and O–H groups in total. The molecule has 1 aliphatic carbocycles. The lowest BCUT2D eigenvalue weighted by molar-refractivity contribution is -0.136. The summed E-state index contributed by atoms with van der Waals surface area (Å²) in [6.45, 7) is 2.36. The zero-order valence-electron chi connectivity index (χ0n) is 16.5. The van der Waals surface area contributed by atoms with Gasteiger partial charge in [-0.05, 0) is 50.9 Å². The van der Waals surface area contributed by atoms with E-state index in [0.717, 1.165) is 6.42 Å². The van der Waals surface area contributed by atoms with Gasteiger partial charge in [0.1, 0.15) is 5.75 Å². The van der Waals surface area contributed by atoms with Crippen LogP contribution >= 0.6 is 35.6 Å². The van der Waals surface area contributed by atoms with Crippen molar-refractivity contribution in [3.8, 4) is 5.75 Å². The van der Waals surface area contributed by atoms with Crippen LogP contribution in [0.3, 0.4) is 0 Å². The molecule has 4 nitrogen and oxygen atoms in total. The zero-order chi connectivity index (χ0) is 19.2. The molecule has 3 rings (SSSR count). The normalized spacial score (nSPS) is 23.4. The topological polar surface area (TPSA) is 32.8 Å². The molecule has 158 valence electrons. The van der Waals surface area contributed by atoms with Crippen LogP contribution in [0.5, 0.6) is 5.75 Å². The van der Waals surface area contributed by atoms with E-state index < -0.39 is 0 Å². The van der Waals surface area contributed by atoms with Crippen LogP contribution in [0.25, 0.3) is 0 Å². The molecule has 1 saturated heterocycles. The van der Waals surface area contributed by atoms with Crippen LogP contribution in [0.2, 0.25) is 10.0 Å². The summed E-state index contributed by atoms with van der Waals surface area (Å²) in [6, 6.07) is 5.83. The lowest BCUT2D eigenvalue weighted by atomic mass is 9.88. The molecule has 2 unspecified atom stereocenters. The van der Waals surface area contributed by atoms with Crippen molar-refractivity contribution in [2.45, 2.75) is 63.5 Å². The van der Waals surface area contributed by atoms with Gasteiger partial charge in [0, 0.05) is 25.2 Å². The Balaban J connectivity index is 0.00000280. The summed E-state index contributed by atoms with van der Waals surface area (Å²) in [7, 11) is 1.93. The third-order valence-electron chi connectivity index (χ3n) is 5.95.